The lowest BCUT2D eigenvalue weighted by molar-refractivity contribution is 0.0320. The second-order valence-corrected chi connectivity index (χ2v) is 6.98. The summed E-state index contributed by atoms with van der Waals surface area (Å²) in [7, 11) is 7.19. The fraction of sp³-hybridized carbons (Fsp3) is 0.650. The van der Waals surface area contributed by atoms with Crippen molar-refractivity contribution in [2.45, 2.75) is 13.5 Å². The maximum Gasteiger partial charge on any atom is 0.193 e. The van der Waals surface area contributed by atoms with Gasteiger partial charge in [-0.3, -0.25) is 9.89 Å². The van der Waals surface area contributed by atoms with Crippen molar-refractivity contribution in [1.29, 1.82) is 0 Å². The minimum Gasteiger partial charge on any atom is -0.497 e. The van der Waals surface area contributed by atoms with Crippen LogP contribution >= 0.6 is 24.0 Å². The van der Waals surface area contributed by atoms with Crippen LogP contribution in [0.15, 0.2) is 23.2 Å². The van der Waals surface area contributed by atoms with Gasteiger partial charge >= 0.3 is 0 Å². The van der Waals surface area contributed by atoms with E-state index in [0.29, 0.717) is 12.5 Å². The summed E-state index contributed by atoms with van der Waals surface area (Å²) in [4.78, 5) is 8.99. The molecule has 0 radical (unpaired) electrons. The molecular formula is C20H35IN4O3. The van der Waals surface area contributed by atoms with Crippen LogP contribution in [0.5, 0.6) is 11.5 Å². The number of ether oxygens (including phenoxy) is 3. The van der Waals surface area contributed by atoms with Crippen molar-refractivity contribution in [3.8, 4) is 11.5 Å². The molecule has 1 saturated heterocycles. The number of rotatable bonds is 8. The van der Waals surface area contributed by atoms with Gasteiger partial charge < -0.3 is 24.4 Å². The summed E-state index contributed by atoms with van der Waals surface area (Å²) in [6.45, 7) is 8.65. The zero-order valence-corrected chi connectivity index (χ0v) is 20.1. The molecule has 0 bridgehead atoms. The number of hydrogen-bond acceptors (Lipinski definition) is 5. The molecule has 7 nitrogen and oxygen atoms in total. The van der Waals surface area contributed by atoms with E-state index in [9.17, 15) is 0 Å². The second-order valence-electron chi connectivity index (χ2n) is 6.98. The Bertz CT molecular complexity index is 609. The number of nitrogens with one attached hydrogen (secondary N) is 1. The molecule has 0 amide bonds. The van der Waals surface area contributed by atoms with E-state index in [-0.39, 0.29) is 24.0 Å². The topological polar surface area (TPSA) is 58.6 Å². The third-order valence-corrected chi connectivity index (χ3v) is 4.76. The monoisotopic (exact) mass is 506 g/mol. The number of methoxy groups -OCH3 is 2. The van der Waals surface area contributed by atoms with Crippen LogP contribution in [0, 0.1) is 5.92 Å². The second kappa shape index (κ2) is 13.1. The third kappa shape index (κ3) is 7.63. The van der Waals surface area contributed by atoms with Crippen molar-refractivity contribution in [2.75, 3.05) is 67.7 Å². The number of guanidine groups is 1. The predicted octanol–water partition coefficient (Wildman–Crippen LogP) is 2.30. The van der Waals surface area contributed by atoms with Gasteiger partial charge in [-0.1, -0.05) is 6.92 Å². The summed E-state index contributed by atoms with van der Waals surface area (Å²) in [5.41, 5.74) is 1.09. The van der Waals surface area contributed by atoms with Crippen LogP contribution in [0.3, 0.4) is 0 Å². The van der Waals surface area contributed by atoms with Crippen molar-refractivity contribution in [2.24, 2.45) is 10.9 Å². The zero-order valence-electron chi connectivity index (χ0n) is 17.7. The SMILES string of the molecule is CN=C(NCC(C)CN1CCOCC1)N(C)Cc1ccc(OC)cc1OC.I. The molecule has 28 heavy (non-hydrogen) atoms. The lowest BCUT2D eigenvalue weighted by Crippen LogP contribution is -2.44. The normalized spacial score (nSPS) is 16.1. The Kier molecular flexibility index (Phi) is 11.6. The lowest BCUT2D eigenvalue weighted by Gasteiger charge is -2.30. The van der Waals surface area contributed by atoms with Gasteiger partial charge in [-0.2, -0.15) is 0 Å². The summed E-state index contributed by atoms with van der Waals surface area (Å²) < 4.78 is 16.2. The van der Waals surface area contributed by atoms with E-state index in [1.54, 1.807) is 14.2 Å². The standard InChI is InChI=1S/C20H34N4O3.HI/c1-16(14-24-8-10-27-11-9-24)13-22-20(21-2)23(3)15-17-6-7-18(25-4)12-19(17)26-5;/h6-7,12,16H,8-11,13-15H2,1-5H3,(H,21,22);1H. The van der Waals surface area contributed by atoms with Gasteiger partial charge in [0.1, 0.15) is 11.5 Å². The first-order chi connectivity index (χ1) is 13.1. The van der Waals surface area contributed by atoms with Crippen LogP contribution in [0.1, 0.15) is 12.5 Å². The average Bonchev–Trinajstić information content (AvgIpc) is 2.69. The van der Waals surface area contributed by atoms with Gasteiger partial charge in [0.05, 0.1) is 27.4 Å². The van der Waals surface area contributed by atoms with Crippen LogP contribution in [0.2, 0.25) is 0 Å². The number of morpholine rings is 1. The molecule has 1 fully saturated rings. The number of benzene rings is 1. The van der Waals surface area contributed by atoms with Gasteiger partial charge in [-0.05, 0) is 18.1 Å². The van der Waals surface area contributed by atoms with Gasteiger partial charge in [0.25, 0.3) is 0 Å². The molecule has 1 aliphatic rings. The van der Waals surface area contributed by atoms with Crippen molar-refractivity contribution in [3.05, 3.63) is 23.8 Å². The molecule has 160 valence electrons. The third-order valence-electron chi connectivity index (χ3n) is 4.76. The Morgan fingerprint density at radius 2 is 2.00 bits per heavy atom. The van der Waals surface area contributed by atoms with Crippen molar-refractivity contribution >= 4 is 29.9 Å². The minimum atomic E-state index is 0. The lowest BCUT2D eigenvalue weighted by atomic mass is 10.1. The number of hydrogen-bond donors (Lipinski definition) is 1. The van der Waals surface area contributed by atoms with Gasteiger partial charge in [-0.25, -0.2) is 0 Å². The van der Waals surface area contributed by atoms with Crippen LogP contribution in [0.25, 0.3) is 0 Å². The van der Waals surface area contributed by atoms with E-state index in [0.717, 1.165) is 62.4 Å². The molecule has 8 heteroatoms. The molecule has 0 aliphatic carbocycles. The molecule has 1 heterocycles. The summed E-state index contributed by atoms with van der Waals surface area (Å²) in [5.74, 6) is 3.01. The largest absolute Gasteiger partial charge is 0.497 e. The molecule has 1 aromatic carbocycles. The number of aliphatic imine (C=N–C) groups is 1. The molecule has 1 aromatic rings. The molecular weight excluding hydrogens is 471 g/mol. The highest BCUT2D eigenvalue weighted by Gasteiger charge is 2.15. The first-order valence-corrected chi connectivity index (χ1v) is 9.50. The molecule has 1 aliphatic heterocycles. The molecule has 0 aromatic heterocycles. The highest BCUT2D eigenvalue weighted by atomic mass is 127. The summed E-state index contributed by atoms with van der Waals surface area (Å²) in [5, 5.41) is 3.49. The molecule has 2 rings (SSSR count). The molecule has 1 atom stereocenters. The minimum absolute atomic E-state index is 0. The Balaban J connectivity index is 0.00000392. The van der Waals surface area contributed by atoms with Crippen LogP contribution in [-0.2, 0) is 11.3 Å². The Labute approximate surface area is 186 Å². The number of nitrogens with zero attached hydrogens (tertiary/aromatic N) is 3. The highest BCUT2D eigenvalue weighted by Crippen LogP contribution is 2.25. The Hall–Kier alpha value is -1.26. The average molecular weight is 506 g/mol. The van der Waals surface area contributed by atoms with E-state index in [1.165, 1.54) is 0 Å². The first kappa shape index (κ1) is 24.8. The Morgan fingerprint density at radius 1 is 1.29 bits per heavy atom. The smallest absolute Gasteiger partial charge is 0.193 e. The fourth-order valence-corrected chi connectivity index (χ4v) is 3.25. The van der Waals surface area contributed by atoms with Gasteiger partial charge in [-0.15, -0.1) is 24.0 Å². The molecule has 1 unspecified atom stereocenters. The van der Waals surface area contributed by atoms with Gasteiger partial charge in [0, 0.05) is 58.4 Å². The molecule has 0 saturated carbocycles. The summed E-state index contributed by atoms with van der Waals surface area (Å²) in [6, 6.07) is 5.89. The van der Waals surface area contributed by atoms with Gasteiger partial charge in [0.2, 0.25) is 0 Å². The quantitative estimate of drug-likeness (QED) is 0.332. The first-order valence-electron chi connectivity index (χ1n) is 9.50. The van der Waals surface area contributed by atoms with E-state index < -0.39 is 0 Å². The van der Waals surface area contributed by atoms with Gasteiger partial charge in [0.15, 0.2) is 5.96 Å². The van der Waals surface area contributed by atoms with E-state index >= 15 is 0 Å². The van der Waals surface area contributed by atoms with Crippen molar-refractivity contribution in [3.63, 3.8) is 0 Å². The van der Waals surface area contributed by atoms with Crippen molar-refractivity contribution in [1.82, 2.24) is 15.1 Å². The predicted molar refractivity (Wildman–Crippen MR) is 124 cm³/mol. The van der Waals surface area contributed by atoms with E-state index in [2.05, 4.69) is 27.0 Å². The van der Waals surface area contributed by atoms with Crippen LogP contribution in [0.4, 0.5) is 0 Å². The van der Waals surface area contributed by atoms with Crippen molar-refractivity contribution < 1.29 is 14.2 Å². The molecule has 0 spiro atoms. The fourth-order valence-electron chi connectivity index (χ4n) is 3.25. The van der Waals surface area contributed by atoms with E-state index in [4.69, 9.17) is 14.2 Å². The van der Waals surface area contributed by atoms with Crippen LogP contribution < -0.4 is 14.8 Å². The zero-order chi connectivity index (χ0) is 19.6. The molecule has 1 N–H and O–H groups in total. The number of halogens is 1. The van der Waals surface area contributed by atoms with E-state index in [1.807, 2.05) is 32.3 Å². The summed E-state index contributed by atoms with van der Waals surface area (Å²) >= 11 is 0. The summed E-state index contributed by atoms with van der Waals surface area (Å²) in [6.07, 6.45) is 0. The highest BCUT2D eigenvalue weighted by molar-refractivity contribution is 14.0. The maximum absolute atomic E-state index is 5.50. The van der Waals surface area contributed by atoms with Crippen LogP contribution in [-0.4, -0.2) is 83.5 Å². The Morgan fingerprint density at radius 3 is 2.61 bits per heavy atom. The maximum atomic E-state index is 5.50.